The van der Waals surface area contributed by atoms with Crippen LogP contribution in [0.25, 0.3) is 0 Å². The maximum absolute atomic E-state index is 12.1. The van der Waals surface area contributed by atoms with Crippen molar-refractivity contribution in [3.63, 3.8) is 0 Å². The molecule has 2 amide bonds. The lowest BCUT2D eigenvalue weighted by Gasteiger charge is -2.10. The lowest BCUT2D eigenvalue weighted by molar-refractivity contribution is -0.122. The number of nitrogens with one attached hydrogen (secondary N) is 2. The third kappa shape index (κ3) is 7.37. The molecular formula is C18H20Cl2N4O5. The van der Waals surface area contributed by atoms with Gasteiger partial charge in [-0.1, -0.05) is 23.2 Å². The van der Waals surface area contributed by atoms with Crippen LogP contribution in [-0.2, 0) is 16.1 Å². The fraction of sp³-hybridized carbons (Fsp3) is 0.333. The van der Waals surface area contributed by atoms with Crippen molar-refractivity contribution in [1.29, 1.82) is 0 Å². The van der Waals surface area contributed by atoms with Crippen molar-refractivity contribution in [2.75, 3.05) is 20.3 Å². The largest absolute Gasteiger partial charge is 0.492 e. The first-order chi connectivity index (χ1) is 13.9. The summed E-state index contributed by atoms with van der Waals surface area (Å²) in [6, 6.07) is 7.35. The Balaban J connectivity index is 1.74. The Morgan fingerprint density at radius 2 is 1.93 bits per heavy atom. The summed E-state index contributed by atoms with van der Waals surface area (Å²) in [7, 11) is 1.49. The van der Waals surface area contributed by atoms with Gasteiger partial charge in [-0.25, -0.2) is 4.68 Å². The van der Waals surface area contributed by atoms with E-state index in [2.05, 4.69) is 16.0 Å². The molecule has 29 heavy (non-hydrogen) atoms. The Bertz CT molecular complexity index is 919. The van der Waals surface area contributed by atoms with E-state index in [1.54, 1.807) is 18.2 Å². The van der Waals surface area contributed by atoms with Crippen molar-refractivity contribution in [2.45, 2.75) is 19.4 Å². The van der Waals surface area contributed by atoms with Crippen LogP contribution in [0.4, 0.5) is 0 Å². The monoisotopic (exact) mass is 442 g/mol. The van der Waals surface area contributed by atoms with Crippen LogP contribution in [0.5, 0.6) is 5.75 Å². The molecule has 1 aromatic carbocycles. The number of carbonyl (C=O) groups is 2. The van der Waals surface area contributed by atoms with E-state index in [4.69, 9.17) is 32.7 Å². The molecule has 2 rings (SSSR count). The molecule has 11 heteroatoms. The lowest BCUT2D eigenvalue weighted by Crippen LogP contribution is -2.42. The van der Waals surface area contributed by atoms with E-state index in [1.165, 1.54) is 19.2 Å². The topological polar surface area (TPSA) is 112 Å². The van der Waals surface area contributed by atoms with Gasteiger partial charge in [-0.15, -0.1) is 0 Å². The van der Waals surface area contributed by atoms with E-state index in [0.717, 1.165) is 4.68 Å². The van der Waals surface area contributed by atoms with Crippen LogP contribution in [0, 0.1) is 0 Å². The van der Waals surface area contributed by atoms with Gasteiger partial charge in [0.25, 0.3) is 11.5 Å². The van der Waals surface area contributed by atoms with Crippen molar-refractivity contribution in [3.05, 3.63) is 56.4 Å². The van der Waals surface area contributed by atoms with E-state index in [0.29, 0.717) is 22.2 Å². The molecular weight excluding hydrogens is 423 g/mol. The van der Waals surface area contributed by atoms with E-state index in [9.17, 15) is 14.4 Å². The minimum absolute atomic E-state index is 0.0123. The smallest absolute Gasteiger partial charge is 0.290 e. The molecule has 0 aliphatic carbocycles. The van der Waals surface area contributed by atoms with Crippen LogP contribution in [0.2, 0.25) is 10.0 Å². The van der Waals surface area contributed by atoms with Crippen molar-refractivity contribution in [3.8, 4) is 5.75 Å². The zero-order chi connectivity index (χ0) is 21.2. The fourth-order valence-corrected chi connectivity index (χ4v) is 2.63. The van der Waals surface area contributed by atoms with Gasteiger partial charge in [0, 0.05) is 24.6 Å². The van der Waals surface area contributed by atoms with E-state index < -0.39 is 11.8 Å². The SMILES string of the molecule is COCCn1nc(C(=O)NNC(=O)CCCOc2ccc(Cl)cc2Cl)ccc1=O. The highest BCUT2D eigenvalue weighted by Gasteiger charge is 2.11. The number of amides is 2. The van der Waals surface area contributed by atoms with Gasteiger partial charge in [-0.05, 0) is 30.7 Å². The van der Waals surface area contributed by atoms with Crippen molar-refractivity contribution in [1.82, 2.24) is 20.6 Å². The molecule has 0 fully saturated rings. The van der Waals surface area contributed by atoms with Gasteiger partial charge < -0.3 is 9.47 Å². The summed E-state index contributed by atoms with van der Waals surface area (Å²) < 4.78 is 11.5. The number of halogens is 2. The van der Waals surface area contributed by atoms with Crippen molar-refractivity contribution >= 4 is 35.0 Å². The summed E-state index contributed by atoms with van der Waals surface area (Å²) in [6.45, 7) is 0.743. The van der Waals surface area contributed by atoms with Gasteiger partial charge >= 0.3 is 0 Å². The zero-order valence-electron chi connectivity index (χ0n) is 15.6. The molecule has 0 saturated carbocycles. The molecule has 1 heterocycles. The molecule has 9 nitrogen and oxygen atoms in total. The first-order valence-corrected chi connectivity index (χ1v) is 9.40. The number of carbonyl (C=O) groups excluding carboxylic acids is 2. The Kier molecular flexibility index (Phi) is 8.91. The van der Waals surface area contributed by atoms with Crippen LogP contribution >= 0.6 is 23.2 Å². The maximum atomic E-state index is 12.1. The molecule has 0 atom stereocenters. The first-order valence-electron chi connectivity index (χ1n) is 8.65. The minimum Gasteiger partial charge on any atom is -0.492 e. The number of ether oxygens (including phenoxy) is 2. The Labute approximate surface area is 176 Å². The molecule has 0 spiro atoms. The molecule has 156 valence electrons. The van der Waals surface area contributed by atoms with E-state index >= 15 is 0 Å². The molecule has 0 aliphatic heterocycles. The van der Waals surface area contributed by atoms with E-state index in [-0.39, 0.29) is 37.4 Å². The number of benzene rings is 1. The lowest BCUT2D eigenvalue weighted by atomic mass is 10.3. The van der Waals surface area contributed by atoms with Crippen LogP contribution in [0.3, 0.4) is 0 Å². The average Bonchev–Trinajstić information content (AvgIpc) is 2.70. The fourth-order valence-electron chi connectivity index (χ4n) is 2.17. The highest BCUT2D eigenvalue weighted by atomic mass is 35.5. The van der Waals surface area contributed by atoms with Crippen molar-refractivity contribution in [2.24, 2.45) is 0 Å². The summed E-state index contributed by atoms with van der Waals surface area (Å²) in [5.41, 5.74) is 4.17. The highest BCUT2D eigenvalue weighted by molar-refractivity contribution is 6.35. The van der Waals surface area contributed by atoms with Crippen LogP contribution < -0.4 is 21.1 Å². The molecule has 0 saturated heterocycles. The average molecular weight is 443 g/mol. The number of hydrazine groups is 1. The van der Waals surface area contributed by atoms with Gasteiger partial charge in [0.15, 0.2) is 5.69 Å². The van der Waals surface area contributed by atoms with Gasteiger partial charge in [-0.3, -0.25) is 25.2 Å². The normalized spacial score (nSPS) is 10.4. The quantitative estimate of drug-likeness (QED) is 0.452. The number of rotatable bonds is 9. The summed E-state index contributed by atoms with van der Waals surface area (Å²) >= 11 is 11.8. The maximum Gasteiger partial charge on any atom is 0.290 e. The number of hydrogen-bond acceptors (Lipinski definition) is 6. The number of methoxy groups -OCH3 is 1. The van der Waals surface area contributed by atoms with E-state index in [1.807, 2.05) is 0 Å². The van der Waals surface area contributed by atoms with Crippen molar-refractivity contribution < 1.29 is 19.1 Å². The van der Waals surface area contributed by atoms with Crippen LogP contribution in [0.1, 0.15) is 23.3 Å². The molecule has 1 aromatic heterocycles. The predicted molar refractivity (Wildman–Crippen MR) is 107 cm³/mol. The Hall–Kier alpha value is -2.62. The Morgan fingerprint density at radius 3 is 2.66 bits per heavy atom. The summed E-state index contributed by atoms with van der Waals surface area (Å²) in [5.74, 6) is -0.579. The van der Waals surface area contributed by atoms with Gasteiger partial charge in [-0.2, -0.15) is 5.10 Å². The number of hydrogen-bond donors (Lipinski definition) is 2. The second-order valence-corrected chi connectivity index (χ2v) is 6.65. The van der Waals surface area contributed by atoms with Crippen LogP contribution in [-0.4, -0.2) is 41.9 Å². The number of aromatic nitrogens is 2. The highest BCUT2D eigenvalue weighted by Crippen LogP contribution is 2.27. The third-order valence-electron chi connectivity index (χ3n) is 3.62. The molecule has 0 radical (unpaired) electrons. The second-order valence-electron chi connectivity index (χ2n) is 5.80. The molecule has 0 bridgehead atoms. The second kappa shape index (κ2) is 11.4. The minimum atomic E-state index is -0.645. The molecule has 2 aromatic rings. The van der Waals surface area contributed by atoms with Crippen LogP contribution in [0.15, 0.2) is 35.1 Å². The predicted octanol–water partition coefficient (Wildman–Crippen LogP) is 1.82. The van der Waals surface area contributed by atoms with Gasteiger partial charge in [0.05, 0.1) is 24.8 Å². The summed E-state index contributed by atoms with van der Waals surface area (Å²) in [6.07, 6.45) is 0.521. The van der Waals surface area contributed by atoms with Gasteiger partial charge in [0.2, 0.25) is 5.91 Å². The standard InChI is InChI=1S/C18H20Cl2N4O5/c1-28-10-8-24-17(26)7-5-14(23-24)18(27)22-21-16(25)3-2-9-29-15-6-4-12(19)11-13(15)20/h4-7,11H,2-3,8-10H2,1H3,(H,21,25)(H,22,27). The Morgan fingerprint density at radius 1 is 1.14 bits per heavy atom. The zero-order valence-corrected chi connectivity index (χ0v) is 17.1. The van der Waals surface area contributed by atoms with Gasteiger partial charge in [0.1, 0.15) is 5.75 Å². The number of nitrogens with zero attached hydrogens (tertiary/aromatic N) is 2. The molecule has 0 unspecified atom stereocenters. The summed E-state index contributed by atoms with van der Waals surface area (Å²) in [4.78, 5) is 35.6. The first kappa shape index (κ1) is 22.7. The molecule has 2 N–H and O–H groups in total. The third-order valence-corrected chi connectivity index (χ3v) is 4.15. The molecule has 0 aliphatic rings. The summed E-state index contributed by atoms with van der Waals surface area (Å²) in [5, 5.41) is 4.81.